The molecule has 1 amide bonds. The number of nitrogens with one attached hydrogen (secondary N) is 1. The first-order valence-corrected chi connectivity index (χ1v) is 6.05. The molecule has 0 bridgehead atoms. The predicted molar refractivity (Wildman–Crippen MR) is 61.1 cm³/mol. The number of halogens is 2. The van der Waals surface area contributed by atoms with Crippen LogP contribution in [0.5, 0.6) is 0 Å². The smallest absolute Gasteiger partial charge is 0.407 e. The molecule has 0 spiro atoms. The Morgan fingerprint density at radius 1 is 1.35 bits per heavy atom. The number of hydrogen-bond donors (Lipinski definition) is 1. The van der Waals surface area contributed by atoms with Crippen LogP contribution in [0.1, 0.15) is 46.5 Å². The van der Waals surface area contributed by atoms with E-state index in [1.165, 1.54) is 0 Å². The van der Waals surface area contributed by atoms with E-state index >= 15 is 0 Å². The number of alkyl halides is 2. The third-order valence-corrected chi connectivity index (χ3v) is 2.79. The zero-order valence-electron chi connectivity index (χ0n) is 10.6. The van der Waals surface area contributed by atoms with Crippen molar-refractivity contribution >= 4 is 6.09 Å². The van der Waals surface area contributed by atoms with Crippen LogP contribution < -0.4 is 5.32 Å². The van der Waals surface area contributed by atoms with Gasteiger partial charge in [0.05, 0.1) is 0 Å². The Labute approximate surface area is 101 Å². The Morgan fingerprint density at radius 3 is 2.53 bits per heavy atom. The molecule has 5 heteroatoms. The molecule has 0 aromatic carbocycles. The zero-order chi connectivity index (χ0) is 13.1. The SMILES string of the molecule is CC(C)(C)OC(=O)NC1CCCC(C(F)F)C1. The Kier molecular flexibility index (Phi) is 4.71. The van der Waals surface area contributed by atoms with Gasteiger partial charge in [0.1, 0.15) is 5.60 Å². The van der Waals surface area contributed by atoms with Crippen molar-refractivity contribution in [2.24, 2.45) is 5.92 Å². The largest absolute Gasteiger partial charge is 0.444 e. The number of carbonyl (C=O) groups is 1. The molecule has 3 nitrogen and oxygen atoms in total. The summed E-state index contributed by atoms with van der Waals surface area (Å²) in [6.45, 7) is 5.32. The molecule has 1 saturated carbocycles. The molecule has 17 heavy (non-hydrogen) atoms. The van der Waals surface area contributed by atoms with E-state index < -0.39 is 24.0 Å². The molecule has 0 saturated heterocycles. The molecule has 1 rings (SSSR count). The Morgan fingerprint density at radius 2 is 2.00 bits per heavy atom. The first-order valence-electron chi connectivity index (χ1n) is 6.05. The predicted octanol–water partition coefficient (Wildman–Crippen LogP) is 3.34. The van der Waals surface area contributed by atoms with Gasteiger partial charge in [0.25, 0.3) is 0 Å². The highest BCUT2D eigenvalue weighted by molar-refractivity contribution is 5.68. The van der Waals surface area contributed by atoms with E-state index in [-0.39, 0.29) is 6.04 Å². The minimum atomic E-state index is -2.29. The molecule has 2 unspecified atom stereocenters. The number of alkyl carbamates (subject to hydrolysis) is 1. The summed E-state index contributed by atoms with van der Waals surface area (Å²) in [5, 5.41) is 2.67. The third-order valence-electron chi connectivity index (χ3n) is 2.79. The number of ether oxygens (including phenoxy) is 1. The van der Waals surface area contributed by atoms with E-state index in [1.54, 1.807) is 20.8 Å². The van der Waals surface area contributed by atoms with E-state index in [1.807, 2.05) is 0 Å². The van der Waals surface area contributed by atoms with Gasteiger partial charge in [0.2, 0.25) is 6.43 Å². The maximum absolute atomic E-state index is 12.6. The Bertz CT molecular complexity index is 264. The Hall–Kier alpha value is -0.870. The highest BCUT2D eigenvalue weighted by Gasteiger charge is 2.30. The standard InChI is InChI=1S/C12H21F2NO2/c1-12(2,3)17-11(16)15-9-6-4-5-8(7-9)10(13)14/h8-10H,4-7H2,1-3H3,(H,15,16). The summed E-state index contributed by atoms with van der Waals surface area (Å²) < 4.78 is 30.2. The van der Waals surface area contributed by atoms with Gasteiger partial charge in [-0.3, -0.25) is 0 Å². The van der Waals surface area contributed by atoms with Gasteiger partial charge >= 0.3 is 6.09 Å². The van der Waals surface area contributed by atoms with Crippen LogP contribution in [-0.2, 0) is 4.74 Å². The average molecular weight is 249 g/mol. The van der Waals surface area contributed by atoms with Crippen molar-refractivity contribution in [1.82, 2.24) is 5.32 Å². The summed E-state index contributed by atoms with van der Waals surface area (Å²) in [5.41, 5.74) is -0.555. The summed E-state index contributed by atoms with van der Waals surface area (Å²) in [6, 6.07) is -0.183. The van der Waals surface area contributed by atoms with Crippen LogP contribution in [0.25, 0.3) is 0 Å². The normalized spacial score (nSPS) is 25.8. The van der Waals surface area contributed by atoms with E-state index in [4.69, 9.17) is 4.74 Å². The quantitative estimate of drug-likeness (QED) is 0.815. The lowest BCUT2D eigenvalue weighted by Crippen LogP contribution is -2.42. The van der Waals surface area contributed by atoms with Crippen LogP contribution in [0.3, 0.4) is 0 Å². The summed E-state index contributed by atoms with van der Waals surface area (Å²) in [7, 11) is 0. The number of carbonyl (C=O) groups excluding carboxylic acids is 1. The van der Waals surface area contributed by atoms with E-state index in [0.717, 1.165) is 12.8 Å². The lowest BCUT2D eigenvalue weighted by Gasteiger charge is -2.30. The maximum atomic E-state index is 12.6. The third kappa shape index (κ3) is 5.33. The van der Waals surface area contributed by atoms with Crippen LogP contribution in [0, 0.1) is 5.92 Å². The van der Waals surface area contributed by atoms with Crippen LogP contribution in [0.2, 0.25) is 0 Å². The second kappa shape index (κ2) is 5.65. The molecule has 0 aromatic heterocycles. The summed E-state index contributed by atoms with van der Waals surface area (Å²) in [4.78, 5) is 11.5. The minimum Gasteiger partial charge on any atom is -0.444 e. The van der Waals surface area contributed by atoms with Gasteiger partial charge in [-0.15, -0.1) is 0 Å². The van der Waals surface area contributed by atoms with E-state index in [9.17, 15) is 13.6 Å². The summed E-state index contributed by atoms with van der Waals surface area (Å²) in [6.07, 6.45) is -0.436. The van der Waals surface area contributed by atoms with Crippen molar-refractivity contribution in [3.63, 3.8) is 0 Å². The second-order valence-electron chi connectivity index (χ2n) is 5.60. The number of hydrogen-bond acceptors (Lipinski definition) is 2. The number of amides is 1. The number of rotatable bonds is 2. The van der Waals surface area contributed by atoms with Crippen molar-refractivity contribution in [2.45, 2.75) is 64.5 Å². The molecule has 0 aliphatic heterocycles. The van der Waals surface area contributed by atoms with Crippen molar-refractivity contribution in [1.29, 1.82) is 0 Å². The van der Waals surface area contributed by atoms with Crippen LogP contribution in [0.4, 0.5) is 13.6 Å². The first-order chi connectivity index (χ1) is 7.78. The van der Waals surface area contributed by atoms with Crippen molar-refractivity contribution < 1.29 is 18.3 Å². The lowest BCUT2D eigenvalue weighted by molar-refractivity contribution is 0.0338. The van der Waals surface area contributed by atoms with Gasteiger partial charge in [-0.05, 0) is 40.0 Å². The van der Waals surface area contributed by atoms with Gasteiger partial charge < -0.3 is 10.1 Å². The topological polar surface area (TPSA) is 38.3 Å². The van der Waals surface area contributed by atoms with Gasteiger partial charge in [-0.25, -0.2) is 13.6 Å². The maximum Gasteiger partial charge on any atom is 0.407 e. The van der Waals surface area contributed by atoms with Gasteiger partial charge in [-0.2, -0.15) is 0 Å². The van der Waals surface area contributed by atoms with Crippen LogP contribution >= 0.6 is 0 Å². The van der Waals surface area contributed by atoms with E-state index in [0.29, 0.717) is 12.8 Å². The molecular formula is C12H21F2NO2. The van der Waals surface area contributed by atoms with Crippen LogP contribution in [-0.4, -0.2) is 24.2 Å². The molecule has 1 N–H and O–H groups in total. The monoisotopic (exact) mass is 249 g/mol. The summed E-state index contributed by atoms with van der Waals surface area (Å²) >= 11 is 0. The molecular weight excluding hydrogens is 228 g/mol. The van der Waals surface area contributed by atoms with Crippen molar-refractivity contribution in [3.8, 4) is 0 Å². The van der Waals surface area contributed by atoms with Gasteiger partial charge in [0.15, 0.2) is 0 Å². The van der Waals surface area contributed by atoms with E-state index in [2.05, 4.69) is 5.32 Å². The highest BCUT2D eigenvalue weighted by Crippen LogP contribution is 2.29. The summed E-state index contributed by atoms with van der Waals surface area (Å²) in [5.74, 6) is -0.594. The van der Waals surface area contributed by atoms with Crippen molar-refractivity contribution in [2.75, 3.05) is 0 Å². The fourth-order valence-electron chi connectivity index (χ4n) is 2.06. The highest BCUT2D eigenvalue weighted by atomic mass is 19.3. The second-order valence-corrected chi connectivity index (χ2v) is 5.60. The first kappa shape index (κ1) is 14.2. The van der Waals surface area contributed by atoms with Crippen LogP contribution in [0.15, 0.2) is 0 Å². The lowest BCUT2D eigenvalue weighted by atomic mass is 9.86. The fourth-order valence-corrected chi connectivity index (χ4v) is 2.06. The molecule has 100 valence electrons. The minimum absolute atomic E-state index is 0.183. The zero-order valence-corrected chi connectivity index (χ0v) is 10.6. The molecule has 0 aromatic rings. The van der Waals surface area contributed by atoms with Crippen molar-refractivity contribution in [3.05, 3.63) is 0 Å². The Balaban J connectivity index is 2.38. The molecule has 0 heterocycles. The average Bonchev–Trinajstić information content (AvgIpc) is 2.14. The molecule has 1 aliphatic carbocycles. The molecule has 2 atom stereocenters. The molecule has 1 fully saturated rings. The fraction of sp³-hybridized carbons (Fsp3) is 0.917. The van der Waals surface area contributed by atoms with Gasteiger partial charge in [0, 0.05) is 12.0 Å². The molecule has 0 radical (unpaired) electrons. The molecule has 1 aliphatic rings. The van der Waals surface area contributed by atoms with Gasteiger partial charge in [-0.1, -0.05) is 6.42 Å².